The number of alkyl halides is 1. The number of hydrogen-bond donors (Lipinski definition) is 0. The minimum atomic E-state index is 0.424. The molecule has 86 valence electrons. The Kier molecular flexibility index (Phi) is 2.71. The summed E-state index contributed by atoms with van der Waals surface area (Å²) in [6, 6.07) is 0. The highest BCUT2D eigenvalue weighted by molar-refractivity contribution is 6.17. The van der Waals surface area contributed by atoms with Gasteiger partial charge in [-0.15, -0.1) is 16.7 Å². The number of aromatic nitrogens is 5. The lowest BCUT2D eigenvalue weighted by Crippen LogP contribution is -2.08. The maximum absolute atomic E-state index is 5.94. The standard InChI is InChI=1S/C10H14ClN5/c1-6-9(5-11)10(15(4)13-6)16-8(3)12-7(2)14-16/h5H2,1-4H3. The Hall–Kier alpha value is -1.36. The van der Waals surface area contributed by atoms with Gasteiger partial charge in [0.25, 0.3) is 0 Å². The van der Waals surface area contributed by atoms with Crippen LogP contribution in [0.15, 0.2) is 0 Å². The Bertz CT molecular complexity index is 526. The average Bonchev–Trinajstić information content (AvgIpc) is 2.66. The molecule has 0 N–H and O–H groups in total. The molecule has 0 aliphatic rings. The first kappa shape index (κ1) is 11.1. The summed E-state index contributed by atoms with van der Waals surface area (Å²) in [5.41, 5.74) is 1.93. The van der Waals surface area contributed by atoms with Crippen molar-refractivity contribution >= 4 is 11.6 Å². The van der Waals surface area contributed by atoms with E-state index in [1.165, 1.54) is 0 Å². The number of nitrogens with zero attached hydrogens (tertiary/aromatic N) is 5. The molecule has 0 aliphatic carbocycles. The summed E-state index contributed by atoms with van der Waals surface area (Å²) in [7, 11) is 1.88. The van der Waals surface area contributed by atoms with E-state index in [-0.39, 0.29) is 0 Å². The fourth-order valence-electron chi connectivity index (χ4n) is 1.83. The van der Waals surface area contributed by atoms with Crippen LogP contribution in [0.4, 0.5) is 0 Å². The molecule has 6 heteroatoms. The van der Waals surface area contributed by atoms with Crippen LogP contribution in [-0.4, -0.2) is 24.5 Å². The summed E-state index contributed by atoms with van der Waals surface area (Å²) in [4.78, 5) is 4.28. The van der Waals surface area contributed by atoms with Crippen molar-refractivity contribution in [2.45, 2.75) is 26.7 Å². The molecule has 0 atom stereocenters. The van der Waals surface area contributed by atoms with E-state index in [1.54, 1.807) is 9.36 Å². The Morgan fingerprint density at radius 3 is 2.38 bits per heavy atom. The topological polar surface area (TPSA) is 48.5 Å². The predicted molar refractivity (Wildman–Crippen MR) is 61.9 cm³/mol. The zero-order valence-corrected chi connectivity index (χ0v) is 10.6. The third kappa shape index (κ3) is 1.61. The Morgan fingerprint density at radius 2 is 1.88 bits per heavy atom. The molecule has 2 heterocycles. The fourth-order valence-corrected chi connectivity index (χ4v) is 2.15. The second-order valence-corrected chi connectivity index (χ2v) is 4.03. The average molecular weight is 240 g/mol. The maximum Gasteiger partial charge on any atom is 0.158 e. The van der Waals surface area contributed by atoms with Gasteiger partial charge in [0.05, 0.1) is 11.6 Å². The first-order valence-corrected chi connectivity index (χ1v) is 5.57. The summed E-state index contributed by atoms with van der Waals surface area (Å²) in [6.07, 6.45) is 0. The molecule has 0 spiro atoms. The molecule has 0 fully saturated rings. The zero-order valence-electron chi connectivity index (χ0n) is 9.82. The van der Waals surface area contributed by atoms with Crippen LogP contribution >= 0.6 is 11.6 Å². The molecule has 0 saturated carbocycles. The Balaban J connectivity index is 2.68. The smallest absolute Gasteiger partial charge is 0.158 e. The minimum Gasteiger partial charge on any atom is -0.250 e. The first-order valence-electron chi connectivity index (χ1n) is 5.03. The van der Waals surface area contributed by atoms with E-state index < -0.39 is 0 Å². The maximum atomic E-state index is 5.94. The van der Waals surface area contributed by atoms with E-state index in [0.29, 0.717) is 5.88 Å². The highest BCUT2D eigenvalue weighted by Gasteiger charge is 2.17. The predicted octanol–water partition coefficient (Wildman–Crippen LogP) is 1.66. The van der Waals surface area contributed by atoms with Gasteiger partial charge in [-0.2, -0.15) is 9.78 Å². The quantitative estimate of drug-likeness (QED) is 0.749. The van der Waals surface area contributed by atoms with Gasteiger partial charge in [-0.3, -0.25) is 4.68 Å². The summed E-state index contributed by atoms with van der Waals surface area (Å²) in [6.45, 7) is 5.73. The van der Waals surface area contributed by atoms with E-state index >= 15 is 0 Å². The van der Waals surface area contributed by atoms with Gasteiger partial charge in [0.1, 0.15) is 11.6 Å². The van der Waals surface area contributed by atoms with Crippen molar-refractivity contribution in [3.63, 3.8) is 0 Å². The molecule has 0 saturated heterocycles. The van der Waals surface area contributed by atoms with E-state index in [0.717, 1.165) is 28.7 Å². The lowest BCUT2D eigenvalue weighted by molar-refractivity contribution is 0.679. The van der Waals surface area contributed by atoms with Crippen LogP contribution < -0.4 is 0 Å². The van der Waals surface area contributed by atoms with Crippen LogP contribution in [-0.2, 0) is 12.9 Å². The van der Waals surface area contributed by atoms with Gasteiger partial charge in [-0.25, -0.2) is 4.98 Å². The van der Waals surface area contributed by atoms with Gasteiger partial charge >= 0.3 is 0 Å². The molecule has 0 radical (unpaired) electrons. The molecule has 2 aromatic rings. The van der Waals surface area contributed by atoms with Crippen LogP contribution in [0.25, 0.3) is 5.82 Å². The highest BCUT2D eigenvalue weighted by Crippen LogP contribution is 2.20. The van der Waals surface area contributed by atoms with Gasteiger partial charge in [0.2, 0.25) is 0 Å². The largest absolute Gasteiger partial charge is 0.250 e. The monoisotopic (exact) mass is 239 g/mol. The molecular formula is C10H14ClN5. The van der Waals surface area contributed by atoms with Crippen LogP contribution in [0.3, 0.4) is 0 Å². The zero-order chi connectivity index (χ0) is 11.9. The van der Waals surface area contributed by atoms with Crippen molar-refractivity contribution in [3.8, 4) is 5.82 Å². The normalized spacial score (nSPS) is 11.1. The third-order valence-corrected chi connectivity index (χ3v) is 2.79. The first-order chi connectivity index (χ1) is 7.54. The van der Waals surface area contributed by atoms with Gasteiger partial charge < -0.3 is 0 Å². The number of rotatable bonds is 2. The van der Waals surface area contributed by atoms with Crippen molar-refractivity contribution in [3.05, 3.63) is 22.9 Å². The Labute approximate surface area is 99.1 Å². The molecule has 2 aromatic heterocycles. The van der Waals surface area contributed by atoms with E-state index in [1.807, 2.05) is 27.8 Å². The second-order valence-electron chi connectivity index (χ2n) is 3.76. The molecule has 0 unspecified atom stereocenters. The van der Waals surface area contributed by atoms with Crippen LogP contribution in [0.5, 0.6) is 0 Å². The van der Waals surface area contributed by atoms with E-state index in [4.69, 9.17) is 11.6 Å². The Morgan fingerprint density at radius 1 is 1.19 bits per heavy atom. The van der Waals surface area contributed by atoms with Crippen molar-refractivity contribution in [2.24, 2.45) is 7.05 Å². The molecule has 0 amide bonds. The second kappa shape index (κ2) is 3.90. The van der Waals surface area contributed by atoms with Gasteiger partial charge in [-0.1, -0.05) is 0 Å². The minimum absolute atomic E-state index is 0.424. The molecule has 2 rings (SSSR count). The van der Waals surface area contributed by atoms with Crippen LogP contribution in [0.2, 0.25) is 0 Å². The lowest BCUT2D eigenvalue weighted by atomic mass is 10.3. The van der Waals surface area contributed by atoms with E-state index in [2.05, 4.69) is 15.2 Å². The highest BCUT2D eigenvalue weighted by atomic mass is 35.5. The van der Waals surface area contributed by atoms with Gasteiger partial charge in [-0.05, 0) is 20.8 Å². The molecular weight excluding hydrogens is 226 g/mol. The van der Waals surface area contributed by atoms with Crippen LogP contribution in [0.1, 0.15) is 22.9 Å². The van der Waals surface area contributed by atoms with Crippen LogP contribution in [0, 0.1) is 20.8 Å². The molecule has 0 bridgehead atoms. The number of halogens is 1. The number of hydrogen-bond acceptors (Lipinski definition) is 3. The summed E-state index contributed by atoms with van der Waals surface area (Å²) < 4.78 is 3.57. The van der Waals surface area contributed by atoms with E-state index in [9.17, 15) is 0 Å². The van der Waals surface area contributed by atoms with Crippen molar-refractivity contribution in [2.75, 3.05) is 0 Å². The van der Waals surface area contributed by atoms with Gasteiger partial charge in [0.15, 0.2) is 5.82 Å². The molecule has 5 nitrogen and oxygen atoms in total. The molecule has 0 aromatic carbocycles. The van der Waals surface area contributed by atoms with Gasteiger partial charge in [0, 0.05) is 12.6 Å². The lowest BCUT2D eigenvalue weighted by Gasteiger charge is -2.05. The SMILES string of the molecule is Cc1nc(C)n(-c2c(CCl)c(C)nn2C)n1. The van der Waals surface area contributed by atoms with Crippen molar-refractivity contribution in [1.82, 2.24) is 24.5 Å². The van der Waals surface area contributed by atoms with Crippen molar-refractivity contribution < 1.29 is 0 Å². The number of aryl methyl sites for hydroxylation is 4. The van der Waals surface area contributed by atoms with Crippen molar-refractivity contribution in [1.29, 1.82) is 0 Å². The molecule has 0 aliphatic heterocycles. The third-order valence-electron chi connectivity index (χ3n) is 2.52. The summed E-state index contributed by atoms with van der Waals surface area (Å²) in [5.74, 6) is 2.90. The molecule has 16 heavy (non-hydrogen) atoms. The fraction of sp³-hybridized carbons (Fsp3) is 0.500. The summed E-state index contributed by atoms with van der Waals surface area (Å²) >= 11 is 5.94. The summed E-state index contributed by atoms with van der Waals surface area (Å²) in [5, 5.41) is 8.70.